The summed E-state index contributed by atoms with van der Waals surface area (Å²) >= 11 is 5.81. The molecule has 0 atom stereocenters. The minimum Gasteiger partial charge on any atom is -0.490 e. The Morgan fingerprint density at radius 2 is 1.79 bits per heavy atom. The number of hydrogen-bond donors (Lipinski definition) is 1. The fourth-order valence-corrected chi connectivity index (χ4v) is 2.52. The molecule has 0 heterocycles. The molecule has 150 valence electrons. The summed E-state index contributed by atoms with van der Waals surface area (Å²) in [6, 6.07) is 12.9. The second-order valence-electron chi connectivity index (χ2n) is 5.81. The summed E-state index contributed by atoms with van der Waals surface area (Å²) in [5.74, 6) is 1.21. The van der Waals surface area contributed by atoms with Crippen molar-refractivity contribution in [2.24, 2.45) is 5.16 Å². The third kappa shape index (κ3) is 7.48. The zero-order chi connectivity index (χ0) is 20.2. The van der Waals surface area contributed by atoms with Crippen LogP contribution in [0.3, 0.4) is 0 Å². The van der Waals surface area contributed by atoms with Crippen molar-refractivity contribution in [2.75, 3.05) is 26.4 Å². The Hall–Kier alpha value is -2.73. The molecule has 6 nitrogen and oxygen atoms in total. The first-order chi connectivity index (χ1) is 13.6. The van der Waals surface area contributed by atoms with Crippen LogP contribution in [0.1, 0.15) is 25.0 Å². The van der Waals surface area contributed by atoms with Gasteiger partial charge in [-0.05, 0) is 55.7 Å². The van der Waals surface area contributed by atoms with Crippen LogP contribution in [-0.4, -0.2) is 38.5 Å². The van der Waals surface area contributed by atoms with Crippen LogP contribution in [0, 0.1) is 0 Å². The van der Waals surface area contributed by atoms with Gasteiger partial charge >= 0.3 is 0 Å². The Balaban J connectivity index is 1.72. The summed E-state index contributed by atoms with van der Waals surface area (Å²) in [6.07, 6.45) is 2.20. The lowest BCUT2D eigenvalue weighted by Crippen LogP contribution is -2.28. The lowest BCUT2D eigenvalue weighted by molar-refractivity contribution is -0.125. The van der Waals surface area contributed by atoms with Crippen molar-refractivity contribution in [2.45, 2.75) is 20.3 Å². The molecule has 7 heteroatoms. The van der Waals surface area contributed by atoms with Gasteiger partial charge in [0.05, 0.1) is 19.4 Å². The molecule has 0 saturated carbocycles. The maximum absolute atomic E-state index is 11.8. The molecule has 28 heavy (non-hydrogen) atoms. The maximum Gasteiger partial charge on any atom is 0.260 e. The normalized spacial score (nSPS) is 10.7. The highest BCUT2D eigenvalue weighted by Gasteiger charge is 2.07. The van der Waals surface area contributed by atoms with Crippen molar-refractivity contribution in [3.05, 3.63) is 58.6 Å². The van der Waals surface area contributed by atoms with Gasteiger partial charge in [0.1, 0.15) is 0 Å². The van der Waals surface area contributed by atoms with E-state index in [9.17, 15) is 4.79 Å². The average molecular weight is 405 g/mol. The molecule has 0 aromatic heterocycles. The van der Waals surface area contributed by atoms with E-state index in [1.807, 2.05) is 44.2 Å². The summed E-state index contributed by atoms with van der Waals surface area (Å²) in [5, 5.41) is 7.23. The number of amides is 1. The summed E-state index contributed by atoms with van der Waals surface area (Å²) < 4.78 is 11.2. The fraction of sp³-hybridized carbons (Fsp3) is 0.333. The molecular formula is C21H25ClN2O4. The predicted molar refractivity (Wildman–Crippen MR) is 110 cm³/mol. The zero-order valence-electron chi connectivity index (χ0n) is 16.1. The minimum absolute atomic E-state index is 0.141. The van der Waals surface area contributed by atoms with E-state index in [0.717, 1.165) is 16.9 Å². The monoisotopic (exact) mass is 404 g/mol. The smallest absolute Gasteiger partial charge is 0.260 e. The van der Waals surface area contributed by atoms with Gasteiger partial charge in [0.2, 0.25) is 0 Å². The number of hydrogen-bond acceptors (Lipinski definition) is 5. The van der Waals surface area contributed by atoms with E-state index in [1.54, 1.807) is 12.1 Å². The molecule has 0 fully saturated rings. The van der Waals surface area contributed by atoms with Crippen LogP contribution in [-0.2, 0) is 16.1 Å². The highest BCUT2D eigenvalue weighted by molar-refractivity contribution is 6.30. The van der Waals surface area contributed by atoms with E-state index in [2.05, 4.69) is 10.5 Å². The summed E-state index contributed by atoms with van der Waals surface area (Å²) in [5.41, 5.74) is 1.89. The third-order valence-electron chi connectivity index (χ3n) is 3.69. The molecule has 0 aliphatic heterocycles. The van der Waals surface area contributed by atoms with Crippen LogP contribution in [0.25, 0.3) is 0 Å². The van der Waals surface area contributed by atoms with Gasteiger partial charge in [-0.2, -0.15) is 0 Å². The van der Waals surface area contributed by atoms with E-state index in [1.165, 1.54) is 6.21 Å². The number of nitrogens with one attached hydrogen (secondary N) is 1. The maximum atomic E-state index is 11.8. The molecule has 0 spiro atoms. The highest BCUT2D eigenvalue weighted by atomic mass is 35.5. The molecule has 0 radical (unpaired) electrons. The van der Waals surface area contributed by atoms with Crippen molar-refractivity contribution in [3.8, 4) is 11.5 Å². The SMILES string of the molecule is CCOc1ccc(CCNC(=O)CO/N=C/c2ccc(Cl)cc2)cc1OCC. The molecule has 1 amide bonds. The lowest BCUT2D eigenvalue weighted by atomic mass is 10.1. The van der Waals surface area contributed by atoms with Gasteiger partial charge in [-0.3, -0.25) is 4.79 Å². The summed E-state index contributed by atoms with van der Waals surface area (Å²) in [7, 11) is 0. The molecular weight excluding hydrogens is 380 g/mol. The van der Waals surface area contributed by atoms with E-state index < -0.39 is 0 Å². The Bertz CT molecular complexity index is 778. The van der Waals surface area contributed by atoms with E-state index in [4.69, 9.17) is 25.9 Å². The van der Waals surface area contributed by atoms with E-state index >= 15 is 0 Å². The molecule has 0 unspecified atom stereocenters. The van der Waals surface area contributed by atoms with Gasteiger partial charge in [-0.1, -0.05) is 35.0 Å². The minimum atomic E-state index is -0.232. The number of halogens is 1. The van der Waals surface area contributed by atoms with Crippen molar-refractivity contribution >= 4 is 23.7 Å². The molecule has 0 aliphatic carbocycles. The first-order valence-corrected chi connectivity index (χ1v) is 9.56. The van der Waals surface area contributed by atoms with Crippen LogP contribution < -0.4 is 14.8 Å². The van der Waals surface area contributed by atoms with Crippen molar-refractivity contribution in [3.63, 3.8) is 0 Å². The Morgan fingerprint density at radius 1 is 1.07 bits per heavy atom. The van der Waals surface area contributed by atoms with Crippen LogP contribution in [0.4, 0.5) is 0 Å². The number of benzene rings is 2. The largest absolute Gasteiger partial charge is 0.490 e. The molecule has 2 aromatic carbocycles. The number of oxime groups is 1. The van der Waals surface area contributed by atoms with Crippen LogP contribution in [0.5, 0.6) is 11.5 Å². The first kappa shape index (κ1) is 21.6. The van der Waals surface area contributed by atoms with Crippen molar-refractivity contribution in [1.82, 2.24) is 5.32 Å². The van der Waals surface area contributed by atoms with Gasteiger partial charge in [-0.25, -0.2) is 0 Å². The molecule has 0 bridgehead atoms. The molecule has 1 N–H and O–H groups in total. The standard InChI is InChI=1S/C21H25ClN2O4/c1-3-26-19-10-7-16(13-20(19)27-4-2)11-12-23-21(25)15-28-24-14-17-5-8-18(22)9-6-17/h5-10,13-14H,3-4,11-12,15H2,1-2H3,(H,23,25)/b24-14+. The predicted octanol–water partition coefficient (Wildman–Crippen LogP) is 3.85. The van der Waals surface area contributed by atoms with Crippen LogP contribution in [0.2, 0.25) is 5.02 Å². The summed E-state index contributed by atoms with van der Waals surface area (Å²) in [6.45, 7) is 5.35. The Kier molecular flexibility index (Phi) is 9.15. The Labute approximate surface area is 170 Å². The molecule has 0 aliphatic rings. The Morgan fingerprint density at radius 3 is 2.50 bits per heavy atom. The molecule has 2 aromatic rings. The van der Waals surface area contributed by atoms with Crippen LogP contribution in [0.15, 0.2) is 47.6 Å². The van der Waals surface area contributed by atoms with Crippen molar-refractivity contribution in [1.29, 1.82) is 0 Å². The van der Waals surface area contributed by atoms with Gasteiger partial charge in [0, 0.05) is 11.6 Å². The van der Waals surface area contributed by atoms with Crippen molar-refractivity contribution < 1.29 is 19.1 Å². The third-order valence-corrected chi connectivity index (χ3v) is 3.94. The number of carbonyl (C=O) groups excluding carboxylic acids is 1. The van der Waals surface area contributed by atoms with Gasteiger partial charge in [0.15, 0.2) is 18.1 Å². The molecule has 0 saturated heterocycles. The van der Waals surface area contributed by atoms with Gasteiger partial charge in [-0.15, -0.1) is 0 Å². The molecule has 2 rings (SSSR count). The van der Waals surface area contributed by atoms with E-state index in [0.29, 0.717) is 37.0 Å². The van der Waals surface area contributed by atoms with Gasteiger partial charge in [0.25, 0.3) is 5.91 Å². The number of nitrogens with zero attached hydrogens (tertiary/aromatic N) is 1. The quantitative estimate of drug-likeness (QED) is 0.456. The first-order valence-electron chi connectivity index (χ1n) is 9.18. The second-order valence-corrected chi connectivity index (χ2v) is 6.24. The highest BCUT2D eigenvalue weighted by Crippen LogP contribution is 2.28. The second kappa shape index (κ2) is 11.9. The average Bonchev–Trinajstić information content (AvgIpc) is 2.69. The number of carbonyl (C=O) groups is 1. The number of ether oxygens (including phenoxy) is 2. The lowest BCUT2D eigenvalue weighted by Gasteiger charge is -2.12. The summed E-state index contributed by atoms with van der Waals surface area (Å²) in [4.78, 5) is 16.8. The fourth-order valence-electron chi connectivity index (χ4n) is 2.39. The topological polar surface area (TPSA) is 69.2 Å². The van der Waals surface area contributed by atoms with Gasteiger partial charge < -0.3 is 19.6 Å². The van der Waals surface area contributed by atoms with Crippen LogP contribution >= 0.6 is 11.6 Å². The zero-order valence-corrected chi connectivity index (χ0v) is 16.9. The number of rotatable bonds is 11. The van der Waals surface area contributed by atoms with E-state index in [-0.39, 0.29) is 12.5 Å².